The molecule has 1 aromatic rings. The van der Waals surface area contributed by atoms with Crippen molar-refractivity contribution in [2.75, 3.05) is 0 Å². The van der Waals surface area contributed by atoms with Crippen LogP contribution in [0.15, 0.2) is 24.4 Å². The predicted molar refractivity (Wildman–Crippen MR) is 61.6 cm³/mol. The number of hydrogen-bond donors (Lipinski definition) is 2. The first kappa shape index (κ1) is 13.9. The quantitative estimate of drug-likeness (QED) is 0.808. The summed E-state index contributed by atoms with van der Waals surface area (Å²) >= 11 is 0. The first-order valence-corrected chi connectivity index (χ1v) is 4.47. The van der Waals surface area contributed by atoms with Crippen LogP contribution in [0.2, 0.25) is 0 Å². The summed E-state index contributed by atoms with van der Waals surface area (Å²) in [5.74, 6) is -0.178. The van der Waals surface area contributed by atoms with E-state index in [4.69, 9.17) is 5.73 Å². The van der Waals surface area contributed by atoms with Crippen LogP contribution < -0.4 is 11.1 Å². The van der Waals surface area contributed by atoms with E-state index in [0.29, 0.717) is 6.54 Å². The summed E-state index contributed by atoms with van der Waals surface area (Å²) in [6.45, 7) is 3.75. The molecule has 0 radical (unpaired) electrons. The zero-order chi connectivity index (χ0) is 10.6. The van der Waals surface area contributed by atoms with Crippen LogP contribution in [0.4, 0.5) is 0 Å². The molecule has 5 heteroatoms. The number of nitrogens with zero attached hydrogens (tertiary/aromatic N) is 1. The van der Waals surface area contributed by atoms with Crippen LogP contribution >= 0.6 is 12.4 Å². The van der Waals surface area contributed by atoms with Crippen molar-refractivity contribution in [2.45, 2.75) is 25.9 Å². The lowest BCUT2D eigenvalue weighted by molar-refractivity contribution is -0.125. The van der Waals surface area contributed by atoms with Crippen LogP contribution in [0, 0.1) is 0 Å². The summed E-state index contributed by atoms with van der Waals surface area (Å²) in [7, 11) is 0. The van der Waals surface area contributed by atoms with Crippen molar-refractivity contribution in [3.63, 3.8) is 0 Å². The van der Waals surface area contributed by atoms with E-state index in [0.717, 1.165) is 5.69 Å². The number of nitrogens with one attached hydrogen (secondary N) is 1. The van der Waals surface area contributed by atoms with E-state index in [2.05, 4.69) is 10.3 Å². The van der Waals surface area contributed by atoms with Crippen molar-refractivity contribution in [2.24, 2.45) is 5.73 Å². The lowest BCUT2D eigenvalue weighted by atomic mass is 10.1. The van der Waals surface area contributed by atoms with Crippen molar-refractivity contribution in [3.8, 4) is 0 Å². The number of halogens is 1. The summed E-state index contributed by atoms with van der Waals surface area (Å²) in [5, 5.41) is 2.71. The maximum atomic E-state index is 11.4. The lowest BCUT2D eigenvalue weighted by Gasteiger charge is -2.17. The van der Waals surface area contributed by atoms with Crippen LogP contribution in [0.25, 0.3) is 0 Å². The molecule has 84 valence electrons. The molecule has 1 amide bonds. The van der Waals surface area contributed by atoms with Crippen molar-refractivity contribution in [1.82, 2.24) is 10.3 Å². The Hall–Kier alpha value is -1.13. The molecule has 0 atom stereocenters. The number of nitrogens with two attached hydrogens (primary N) is 1. The predicted octanol–water partition coefficient (Wildman–Crippen LogP) is 0.857. The highest BCUT2D eigenvalue weighted by molar-refractivity contribution is 5.85. The Morgan fingerprint density at radius 2 is 2.20 bits per heavy atom. The highest BCUT2D eigenvalue weighted by Crippen LogP contribution is 1.97. The van der Waals surface area contributed by atoms with Gasteiger partial charge >= 0.3 is 0 Å². The molecule has 0 saturated heterocycles. The fraction of sp³-hybridized carbons (Fsp3) is 0.400. The van der Waals surface area contributed by atoms with Crippen LogP contribution in [0.3, 0.4) is 0 Å². The van der Waals surface area contributed by atoms with Crippen molar-refractivity contribution >= 4 is 18.3 Å². The number of aromatic nitrogens is 1. The molecule has 0 aliphatic heterocycles. The molecule has 0 aromatic carbocycles. The molecular weight excluding hydrogens is 214 g/mol. The third-order valence-electron chi connectivity index (χ3n) is 1.74. The number of hydrogen-bond acceptors (Lipinski definition) is 3. The van der Waals surface area contributed by atoms with Crippen LogP contribution in [0.1, 0.15) is 19.5 Å². The summed E-state index contributed by atoms with van der Waals surface area (Å²) in [4.78, 5) is 15.5. The van der Waals surface area contributed by atoms with E-state index in [1.165, 1.54) is 0 Å². The third-order valence-corrected chi connectivity index (χ3v) is 1.74. The fourth-order valence-corrected chi connectivity index (χ4v) is 0.901. The molecular formula is C10H16ClN3O. The minimum Gasteiger partial charge on any atom is -0.349 e. The van der Waals surface area contributed by atoms with Gasteiger partial charge in [-0.3, -0.25) is 9.78 Å². The molecule has 0 aliphatic rings. The van der Waals surface area contributed by atoms with Crippen LogP contribution in [-0.2, 0) is 11.3 Å². The summed E-state index contributed by atoms with van der Waals surface area (Å²) in [5.41, 5.74) is 5.60. The van der Waals surface area contributed by atoms with Gasteiger partial charge in [0.25, 0.3) is 0 Å². The van der Waals surface area contributed by atoms with E-state index < -0.39 is 5.54 Å². The molecule has 0 spiro atoms. The number of pyridine rings is 1. The molecule has 1 rings (SSSR count). The Morgan fingerprint density at radius 3 is 2.67 bits per heavy atom. The first-order chi connectivity index (χ1) is 6.50. The van der Waals surface area contributed by atoms with E-state index in [9.17, 15) is 4.79 Å². The van der Waals surface area contributed by atoms with E-state index in [1.54, 1.807) is 20.0 Å². The van der Waals surface area contributed by atoms with Gasteiger partial charge in [-0.2, -0.15) is 0 Å². The monoisotopic (exact) mass is 229 g/mol. The van der Waals surface area contributed by atoms with Gasteiger partial charge < -0.3 is 11.1 Å². The SMILES string of the molecule is CC(C)(N)C(=O)NCc1ccccn1.Cl. The second kappa shape index (κ2) is 5.68. The van der Waals surface area contributed by atoms with Crippen LogP contribution in [-0.4, -0.2) is 16.4 Å². The van der Waals surface area contributed by atoms with Gasteiger partial charge in [-0.15, -0.1) is 12.4 Å². The zero-order valence-electron chi connectivity index (χ0n) is 8.86. The highest BCUT2D eigenvalue weighted by atomic mass is 35.5. The summed E-state index contributed by atoms with van der Waals surface area (Å²) in [6, 6.07) is 5.56. The van der Waals surface area contributed by atoms with Gasteiger partial charge in [0.1, 0.15) is 0 Å². The molecule has 1 aromatic heterocycles. The second-order valence-electron chi connectivity index (χ2n) is 3.73. The largest absolute Gasteiger partial charge is 0.349 e. The Balaban J connectivity index is 0.00000196. The highest BCUT2D eigenvalue weighted by Gasteiger charge is 2.20. The van der Waals surface area contributed by atoms with Gasteiger partial charge in [-0.1, -0.05) is 6.07 Å². The second-order valence-corrected chi connectivity index (χ2v) is 3.73. The third kappa shape index (κ3) is 4.76. The van der Waals surface area contributed by atoms with Crippen molar-refractivity contribution in [3.05, 3.63) is 30.1 Å². The number of rotatable bonds is 3. The van der Waals surface area contributed by atoms with Gasteiger partial charge in [0.15, 0.2) is 0 Å². The Bertz CT molecular complexity index is 308. The maximum Gasteiger partial charge on any atom is 0.239 e. The van der Waals surface area contributed by atoms with Gasteiger partial charge in [-0.05, 0) is 26.0 Å². The average molecular weight is 230 g/mol. The van der Waals surface area contributed by atoms with Gasteiger partial charge in [0, 0.05) is 6.20 Å². The van der Waals surface area contributed by atoms with Gasteiger partial charge in [-0.25, -0.2) is 0 Å². The summed E-state index contributed by atoms with van der Waals surface area (Å²) in [6.07, 6.45) is 1.69. The molecule has 0 bridgehead atoms. The Labute approximate surface area is 95.7 Å². The molecule has 0 unspecified atom stereocenters. The molecule has 0 aliphatic carbocycles. The molecule has 3 N–H and O–H groups in total. The smallest absolute Gasteiger partial charge is 0.239 e. The van der Waals surface area contributed by atoms with E-state index in [1.807, 2.05) is 18.2 Å². The molecule has 0 fully saturated rings. The minimum absolute atomic E-state index is 0. The summed E-state index contributed by atoms with van der Waals surface area (Å²) < 4.78 is 0. The van der Waals surface area contributed by atoms with Crippen molar-refractivity contribution < 1.29 is 4.79 Å². The topological polar surface area (TPSA) is 68.0 Å². The van der Waals surface area contributed by atoms with E-state index >= 15 is 0 Å². The Kier molecular flexibility index (Phi) is 5.25. The van der Waals surface area contributed by atoms with Crippen molar-refractivity contribution in [1.29, 1.82) is 0 Å². The average Bonchev–Trinajstić information content (AvgIpc) is 2.14. The minimum atomic E-state index is -0.839. The maximum absolute atomic E-state index is 11.4. The van der Waals surface area contributed by atoms with Gasteiger partial charge in [0.05, 0.1) is 17.8 Å². The molecule has 1 heterocycles. The number of amides is 1. The first-order valence-electron chi connectivity index (χ1n) is 4.47. The zero-order valence-corrected chi connectivity index (χ0v) is 9.67. The molecule has 15 heavy (non-hydrogen) atoms. The standard InChI is InChI=1S/C10H15N3O.ClH/c1-10(2,11)9(14)13-7-8-5-3-4-6-12-8;/h3-6H,7,11H2,1-2H3,(H,13,14);1H. The van der Waals surface area contributed by atoms with Gasteiger partial charge in [0.2, 0.25) is 5.91 Å². The van der Waals surface area contributed by atoms with Crippen LogP contribution in [0.5, 0.6) is 0 Å². The molecule has 0 saturated carbocycles. The lowest BCUT2D eigenvalue weighted by Crippen LogP contribution is -2.48. The normalized spacial score (nSPS) is 10.3. The molecule has 4 nitrogen and oxygen atoms in total. The number of carbonyl (C=O) groups is 1. The Morgan fingerprint density at radius 1 is 1.53 bits per heavy atom. The number of carbonyl (C=O) groups excluding carboxylic acids is 1. The fourth-order valence-electron chi connectivity index (χ4n) is 0.901. The van der Waals surface area contributed by atoms with E-state index in [-0.39, 0.29) is 18.3 Å².